The van der Waals surface area contributed by atoms with Crippen LogP contribution in [-0.2, 0) is 9.53 Å². The monoisotopic (exact) mass is 294 g/mol. The number of thioether (sulfide) groups is 1. The van der Waals surface area contributed by atoms with Crippen molar-refractivity contribution in [2.75, 3.05) is 17.7 Å². The van der Waals surface area contributed by atoms with Crippen LogP contribution in [0, 0.1) is 0 Å². The third kappa shape index (κ3) is 4.42. The molecule has 1 amide bonds. The Morgan fingerprint density at radius 2 is 2.25 bits per heavy atom. The van der Waals surface area contributed by atoms with E-state index in [0.29, 0.717) is 11.8 Å². The lowest BCUT2D eigenvalue weighted by molar-refractivity contribution is -0.115. The molecule has 1 atom stereocenters. The number of carbonyl (C=O) groups excluding carboxylic acids is 1. The van der Waals surface area contributed by atoms with Crippen LogP contribution in [0.2, 0.25) is 0 Å². The van der Waals surface area contributed by atoms with Gasteiger partial charge in [-0.15, -0.1) is 11.8 Å². The first-order valence-corrected chi connectivity index (χ1v) is 7.85. The fourth-order valence-electron chi connectivity index (χ4n) is 2.44. The van der Waals surface area contributed by atoms with Crippen molar-refractivity contribution in [1.29, 1.82) is 0 Å². The maximum absolute atomic E-state index is 10.9. The molecule has 1 aliphatic rings. The van der Waals surface area contributed by atoms with E-state index in [1.165, 1.54) is 11.8 Å². The quantitative estimate of drug-likeness (QED) is 0.819. The Balaban J connectivity index is 2.03. The van der Waals surface area contributed by atoms with Crippen molar-refractivity contribution in [1.82, 2.24) is 0 Å². The van der Waals surface area contributed by atoms with Gasteiger partial charge in [0.1, 0.15) is 0 Å². The van der Waals surface area contributed by atoms with Gasteiger partial charge < -0.3 is 15.8 Å². The highest BCUT2D eigenvalue weighted by Gasteiger charge is 2.28. The first kappa shape index (κ1) is 15.2. The molecule has 0 aromatic heterocycles. The minimum atomic E-state index is -0.294. The van der Waals surface area contributed by atoms with Crippen molar-refractivity contribution in [3.05, 3.63) is 24.3 Å². The average molecular weight is 294 g/mol. The normalized spacial score (nSPS) is 21.4. The van der Waals surface area contributed by atoms with Crippen LogP contribution in [0.3, 0.4) is 0 Å². The standard InChI is InChI=1S/C15H22N2O2S/c1-15(2)9-11(7-8-19-15)17-12-5-3-4-6-13(12)20-10-14(16)18/h3-6,11,17H,7-10H2,1-2H3,(H2,16,18). The van der Waals surface area contributed by atoms with E-state index in [1.54, 1.807) is 0 Å². The molecule has 1 saturated heterocycles. The van der Waals surface area contributed by atoms with E-state index in [0.717, 1.165) is 30.0 Å². The van der Waals surface area contributed by atoms with Crippen LogP contribution in [0.4, 0.5) is 5.69 Å². The van der Waals surface area contributed by atoms with E-state index in [2.05, 4.69) is 19.2 Å². The summed E-state index contributed by atoms with van der Waals surface area (Å²) in [5.41, 5.74) is 6.21. The summed E-state index contributed by atoms with van der Waals surface area (Å²) < 4.78 is 5.74. The Labute approximate surface area is 124 Å². The molecular weight excluding hydrogens is 272 g/mol. The fourth-order valence-corrected chi connectivity index (χ4v) is 3.19. The SMILES string of the molecule is CC1(C)CC(Nc2ccccc2SCC(N)=O)CCO1. The molecule has 1 unspecified atom stereocenters. The molecule has 4 nitrogen and oxygen atoms in total. The number of anilines is 1. The number of nitrogens with one attached hydrogen (secondary N) is 1. The Kier molecular flexibility index (Phi) is 4.94. The van der Waals surface area contributed by atoms with Crippen molar-refractivity contribution < 1.29 is 9.53 Å². The number of ether oxygens (including phenoxy) is 1. The van der Waals surface area contributed by atoms with Gasteiger partial charge in [0.05, 0.1) is 11.4 Å². The maximum Gasteiger partial charge on any atom is 0.227 e. The summed E-state index contributed by atoms with van der Waals surface area (Å²) in [6.07, 6.45) is 1.97. The smallest absolute Gasteiger partial charge is 0.227 e. The molecule has 1 aromatic rings. The van der Waals surface area contributed by atoms with Crippen molar-refractivity contribution in [3.63, 3.8) is 0 Å². The number of para-hydroxylation sites is 1. The van der Waals surface area contributed by atoms with Crippen molar-refractivity contribution in [2.45, 2.75) is 43.2 Å². The van der Waals surface area contributed by atoms with Gasteiger partial charge in [0.25, 0.3) is 0 Å². The van der Waals surface area contributed by atoms with Crippen molar-refractivity contribution in [3.8, 4) is 0 Å². The number of benzene rings is 1. The highest BCUT2D eigenvalue weighted by atomic mass is 32.2. The third-order valence-corrected chi connectivity index (χ3v) is 4.41. The fraction of sp³-hybridized carbons (Fsp3) is 0.533. The van der Waals surface area contributed by atoms with Crippen LogP contribution in [-0.4, -0.2) is 29.9 Å². The lowest BCUT2D eigenvalue weighted by Crippen LogP contribution is -2.40. The molecule has 3 N–H and O–H groups in total. The summed E-state index contributed by atoms with van der Waals surface area (Å²) in [5.74, 6) is 0.00909. The van der Waals surface area contributed by atoms with E-state index in [4.69, 9.17) is 10.5 Å². The Bertz CT molecular complexity index is 477. The highest BCUT2D eigenvalue weighted by Crippen LogP contribution is 2.31. The number of hydrogen-bond donors (Lipinski definition) is 2. The Morgan fingerprint density at radius 3 is 2.95 bits per heavy atom. The summed E-state index contributed by atoms with van der Waals surface area (Å²) in [6.45, 7) is 5.02. The number of rotatable bonds is 5. The van der Waals surface area contributed by atoms with E-state index >= 15 is 0 Å². The van der Waals surface area contributed by atoms with E-state index in [1.807, 2.05) is 24.3 Å². The van der Waals surface area contributed by atoms with Gasteiger partial charge in [-0.05, 0) is 38.8 Å². The molecule has 1 fully saturated rings. The summed E-state index contributed by atoms with van der Waals surface area (Å²) in [6, 6.07) is 8.43. The first-order chi connectivity index (χ1) is 9.46. The Hall–Kier alpha value is -1.20. The van der Waals surface area contributed by atoms with Crippen LogP contribution >= 0.6 is 11.8 Å². The molecule has 0 bridgehead atoms. The molecule has 0 saturated carbocycles. The topological polar surface area (TPSA) is 64.3 Å². The number of primary amides is 1. The van der Waals surface area contributed by atoms with Gasteiger partial charge in [0, 0.05) is 23.2 Å². The number of amides is 1. The zero-order chi connectivity index (χ0) is 14.6. The van der Waals surface area contributed by atoms with E-state index in [9.17, 15) is 4.79 Å². The number of hydrogen-bond acceptors (Lipinski definition) is 4. The highest BCUT2D eigenvalue weighted by molar-refractivity contribution is 8.00. The maximum atomic E-state index is 10.9. The van der Waals surface area contributed by atoms with Crippen LogP contribution in [0.25, 0.3) is 0 Å². The van der Waals surface area contributed by atoms with Crippen molar-refractivity contribution >= 4 is 23.4 Å². The van der Waals surface area contributed by atoms with E-state index < -0.39 is 0 Å². The predicted molar refractivity (Wildman–Crippen MR) is 83.0 cm³/mol. The summed E-state index contributed by atoms with van der Waals surface area (Å²) in [4.78, 5) is 12.0. The number of nitrogens with two attached hydrogens (primary N) is 1. The molecule has 1 aliphatic heterocycles. The second-order valence-electron chi connectivity index (χ2n) is 5.69. The second-order valence-corrected chi connectivity index (χ2v) is 6.71. The van der Waals surface area contributed by atoms with Gasteiger partial charge in [-0.2, -0.15) is 0 Å². The predicted octanol–water partition coefficient (Wildman–Crippen LogP) is 2.63. The summed E-state index contributed by atoms with van der Waals surface area (Å²) >= 11 is 1.48. The molecule has 5 heteroatoms. The van der Waals surface area contributed by atoms with E-state index in [-0.39, 0.29) is 11.5 Å². The molecule has 1 heterocycles. The molecule has 1 aromatic carbocycles. The molecule has 2 rings (SSSR count). The van der Waals surface area contributed by atoms with Crippen molar-refractivity contribution in [2.24, 2.45) is 5.73 Å². The Morgan fingerprint density at radius 1 is 1.50 bits per heavy atom. The minimum absolute atomic E-state index is 0.0781. The van der Waals surface area contributed by atoms with Crippen LogP contribution in [0.1, 0.15) is 26.7 Å². The summed E-state index contributed by atoms with van der Waals surface area (Å²) in [7, 11) is 0. The first-order valence-electron chi connectivity index (χ1n) is 6.87. The average Bonchev–Trinajstić information content (AvgIpc) is 2.36. The number of carbonyl (C=O) groups is 1. The van der Waals surface area contributed by atoms with Gasteiger partial charge in [-0.3, -0.25) is 4.79 Å². The lowest BCUT2D eigenvalue weighted by Gasteiger charge is -2.36. The third-order valence-electron chi connectivity index (χ3n) is 3.31. The molecule has 0 spiro atoms. The molecule has 20 heavy (non-hydrogen) atoms. The van der Waals surface area contributed by atoms with Gasteiger partial charge >= 0.3 is 0 Å². The van der Waals surface area contributed by atoms with Crippen LogP contribution in [0.5, 0.6) is 0 Å². The lowest BCUT2D eigenvalue weighted by atomic mass is 9.94. The second kappa shape index (κ2) is 6.50. The van der Waals surface area contributed by atoms with Crippen LogP contribution < -0.4 is 11.1 Å². The minimum Gasteiger partial charge on any atom is -0.381 e. The zero-order valence-electron chi connectivity index (χ0n) is 12.0. The zero-order valence-corrected chi connectivity index (χ0v) is 12.8. The largest absolute Gasteiger partial charge is 0.381 e. The van der Waals surface area contributed by atoms with Gasteiger partial charge in [0.15, 0.2) is 0 Å². The molecule has 0 aliphatic carbocycles. The molecule has 110 valence electrons. The van der Waals surface area contributed by atoms with Gasteiger partial charge in [0.2, 0.25) is 5.91 Å². The molecule has 0 radical (unpaired) electrons. The van der Waals surface area contributed by atoms with Crippen LogP contribution in [0.15, 0.2) is 29.2 Å². The van der Waals surface area contributed by atoms with Gasteiger partial charge in [-0.1, -0.05) is 12.1 Å². The van der Waals surface area contributed by atoms with Gasteiger partial charge in [-0.25, -0.2) is 0 Å². The summed E-state index contributed by atoms with van der Waals surface area (Å²) in [5, 5.41) is 3.58. The molecular formula is C15H22N2O2S.